The largest absolute Gasteiger partial charge is 0.477 e. The molecule has 26 atom stereocenters. The van der Waals surface area contributed by atoms with Crippen molar-refractivity contribution in [1.82, 2.24) is 5.32 Å². The van der Waals surface area contributed by atoms with Crippen LogP contribution in [0.5, 0.6) is 0 Å². The maximum atomic E-state index is 13.4. The van der Waals surface area contributed by atoms with Gasteiger partial charge in [-0.25, -0.2) is 4.79 Å². The molecule has 394 valence electrons. The third-order valence-corrected chi connectivity index (χ3v) is 12.0. The van der Waals surface area contributed by atoms with Crippen molar-refractivity contribution in [3.8, 4) is 0 Å². The standard InChI is InChI=1S/C37H61NO30/c1-9(44)38-17-29(66-34-24(54)21(51)19(49)13(5-40)62-34)20(50)14(6-41)61-33(17)65-28-16(8-43)63-35(64-27-15(7-42)60-32(56)23(53)22(27)52)25(55)31(28)68-37(36(57)58)3-11(46)26(59-10(2)45)30(67-37)18(48)12(47)4-39/h11-35,39-43,46-56H,3-8H2,1-2H3,(H,38,44)(H,57,58)/t11-,12+,13+,14+,15+,16+,17+,18+,19-,20-,21-,22+,23+,24+,25+,26+,27+,28-,29+,30-,31+,32+,33-,34-,35-,37?/m0/s1. The average molecular weight is 1000 g/mol. The van der Waals surface area contributed by atoms with Crippen molar-refractivity contribution in [3.05, 3.63) is 0 Å². The number of aliphatic hydroxyl groups is 16. The summed E-state index contributed by atoms with van der Waals surface area (Å²) in [6.07, 6.45) is -51.0. The van der Waals surface area contributed by atoms with Gasteiger partial charge in [-0.1, -0.05) is 0 Å². The minimum absolute atomic E-state index is 0.862. The number of aliphatic carboxylic acids is 1. The van der Waals surface area contributed by atoms with Crippen LogP contribution in [0.1, 0.15) is 20.3 Å². The van der Waals surface area contributed by atoms with Gasteiger partial charge in [0.15, 0.2) is 31.3 Å². The lowest BCUT2D eigenvalue weighted by atomic mass is 9.89. The second-order valence-corrected chi connectivity index (χ2v) is 16.7. The number of ether oxygens (including phenoxy) is 10. The van der Waals surface area contributed by atoms with Crippen LogP contribution in [-0.2, 0) is 61.8 Å². The van der Waals surface area contributed by atoms with Gasteiger partial charge in [0.25, 0.3) is 5.79 Å². The second-order valence-electron chi connectivity index (χ2n) is 16.7. The van der Waals surface area contributed by atoms with Crippen LogP contribution in [0.3, 0.4) is 0 Å². The molecule has 31 nitrogen and oxygen atoms in total. The summed E-state index contributed by atoms with van der Waals surface area (Å²) in [5.74, 6) is -7.56. The Morgan fingerprint density at radius 1 is 0.603 bits per heavy atom. The Bertz CT molecular complexity index is 1650. The number of nitrogens with one attached hydrogen (secondary N) is 1. The van der Waals surface area contributed by atoms with Crippen molar-refractivity contribution < 1.29 is 149 Å². The predicted molar refractivity (Wildman–Crippen MR) is 205 cm³/mol. The van der Waals surface area contributed by atoms with E-state index >= 15 is 0 Å². The van der Waals surface area contributed by atoms with Crippen LogP contribution >= 0.6 is 0 Å². The van der Waals surface area contributed by atoms with E-state index in [0.717, 1.165) is 13.8 Å². The van der Waals surface area contributed by atoms with Crippen molar-refractivity contribution in [2.45, 2.75) is 179 Å². The first-order valence-corrected chi connectivity index (χ1v) is 21.1. The smallest absolute Gasteiger partial charge is 0.364 e. The number of carboxylic acid groups (broad SMARTS) is 1. The molecule has 0 aromatic heterocycles. The summed E-state index contributed by atoms with van der Waals surface area (Å²) in [6, 6.07) is -1.87. The third-order valence-electron chi connectivity index (χ3n) is 12.0. The number of hydrogen-bond donors (Lipinski definition) is 18. The van der Waals surface area contributed by atoms with Crippen LogP contribution in [0.15, 0.2) is 0 Å². The number of rotatable bonds is 18. The molecule has 5 aliphatic heterocycles. The quantitative estimate of drug-likeness (QED) is 0.0567. The highest BCUT2D eigenvalue weighted by molar-refractivity contribution is 5.76. The van der Waals surface area contributed by atoms with Gasteiger partial charge >= 0.3 is 11.9 Å². The molecule has 5 aliphatic rings. The van der Waals surface area contributed by atoms with E-state index in [4.69, 9.17) is 47.4 Å². The van der Waals surface area contributed by atoms with Gasteiger partial charge in [0.1, 0.15) is 116 Å². The summed E-state index contributed by atoms with van der Waals surface area (Å²) < 4.78 is 56.5. The molecule has 0 spiro atoms. The highest BCUT2D eigenvalue weighted by Crippen LogP contribution is 2.41. The van der Waals surface area contributed by atoms with Gasteiger partial charge in [-0.3, -0.25) is 9.59 Å². The highest BCUT2D eigenvalue weighted by atomic mass is 16.8. The molecule has 0 aromatic carbocycles. The molecular formula is C37H61NO30. The van der Waals surface area contributed by atoms with E-state index in [0.29, 0.717) is 0 Å². The van der Waals surface area contributed by atoms with Gasteiger partial charge in [0, 0.05) is 20.3 Å². The third kappa shape index (κ3) is 11.8. The SMILES string of the molecule is CC(=O)N[C@H]1[C@H](O[C@@H]2[C@H](OC3(C(=O)O)C[C@H](O)[C@@H](OC(C)=O)[C@H]([C@H](O)[C@H](O)CO)O3)[C@@H](O)[C@H](O[C@H]3[C@H](O)[C@@H](O)[C@H](O)O[C@@H]3CO)O[C@@H]2CO)O[C@H](CO)[C@H](O)[C@@H]1O[C@@H]1O[C@H](CO)[C@H](O)[C@H](O)[C@H]1O. The Balaban J connectivity index is 1.61. The van der Waals surface area contributed by atoms with E-state index in [9.17, 15) is 101 Å². The van der Waals surface area contributed by atoms with Crippen LogP contribution in [0.2, 0.25) is 0 Å². The molecule has 0 aliphatic carbocycles. The Labute approximate surface area is 384 Å². The second kappa shape index (κ2) is 23.8. The number of aliphatic hydroxyl groups excluding tert-OH is 16. The first-order chi connectivity index (χ1) is 32.0. The molecule has 0 aromatic rings. The lowest BCUT2D eigenvalue weighted by molar-refractivity contribution is -0.405. The van der Waals surface area contributed by atoms with Gasteiger partial charge in [-0.05, 0) is 0 Å². The summed E-state index contributed by atoms with van der Waals surface area (Å²) in [5, 5.41) is 183. The topological polar surface area (TPSA) is 499 Å². The normalized spacial score (nSPS) is 46.6. The first kappa shape index (κ1) is 56.3. The number of amides is 1. The number of hydrogen-bond acceptors (Lipinski definition) is 29. The first-order valence-electron chi connectivity index (χ1n) is 21.1. The van der Waals surface area contributed by atoms with Gasteiger partial charge in [-0.15, -0.1) is 0 Å². The van der Waals surface area contributed by atoms with Crippen LogP contribution < -0.4 is 5.32 Å². The molecule has 5 saturated heterocycles. The van der Waals surface area contributed by atoms with Crippen molar-refractivity contribution >= 4 is 17.8 Å². The zero-order chi connectivity index (χ0) is 50.7. The zero-order valence-electron chi connectivity index (χ0n) is 36.1. The molecule has 31 heteroatoms. The van der Waals surface area contributed by atoms with Gasteiger partial charge < -0.3 is 139 Å². The van der Waals surface area contributed by atoms with Crippen molar-refractivity contribution in [1.29, 1.82) is 0 Å². The maximum Gasteiger partial charge on any atom is 0.364 e. The Kier molecular flexibility index (Phi) is 19.7. The fraction of sp³-hybridized carbons (Fsp3) is 0.919. The van der Waals surface area contributed by atoms with Gasteiger partial charge in [0.05, 0.1) is 39.1 Å². The lowest BCUT2D eigenvalue weighted by Gasteiger charge is -2.52. The molecule has 68 heavy (non-hydrogen) atoms. The summed E-state index contributed by atoms with van der Waals surface area (Å²) in [4.78, 5) is 38.2. The minimum Gasteiger partial charge on any atom is -0.477 e. The van der Waals surface area contributed by atoms with Crippen LogP contribution in [-0.4, -0.2) is 297 Å². The predicted octanol–water partition coefficient (Wildman–Crippen LogP) is -12.0. The molecular weight excluding hydrogens is 938 g/mol. The highest BCUT2D eigenvalue weighted by Gasteiger charge is 2.62. The molecule has 0 bridgehead atoms. The van der Waals surface area contributed by atoms with Gasteiger partial charge in [-0.2, -0.15) is 0 Å². The monoisotopic (exact) mass is 999 g/mol. The molecule has 5 rings (SSSR count). The lowest BCUT2D eigenvalue weighted by Crippen LogP contribution is -2.71. The number of carboxylic acids is 1. The van der Waals surface area contributed by atoms with Crippen LogP contribution in [0.4, 0.5) is 0 Å². The van der Waals surface area contributed by atoms with Crippen LogP contribution in [0.25, 0.3) is 0 Å². The Morgan fingerprint density at radius 3 is 1.69 bits per heavy atom. The number of carbonyl (C=O) groups is 3. The van der Waals surface area contributed by atoms with Crippen molar-refractivity contribution in [2.75, 3.05) is 33.0 Å². The van der Waals surface area contributed by atoms with E-state index < -0.39 is 216 Å². The Morgan fingerprint density at radius 2 is 1.13 bits per heavy atom. The van der Waals surface area contributed by atoms with E-state index in [1.165, 1.54) is 0 Å². The average Bonchev–Trinajstić information content (AvgIpc) is 3.29. The minimum atomic E-state index is -3.36. The molecule has 5 heterocycles. The van der Waals surface area contributed by atoms with Gasteiger partial charge in [0.2, 0.25) is 5.91 Å². The Hall–Kier alpha value is -2.59. The number of carbonyl (C=O) groups excluding carboxylic acids is 2. The summed E-state index contributed by atoms with van der Waals surface area (Å²) in [6.45, 7) is -3.64. The zero-order valence-corrected chi connectivity index (χ0v) is 36.1. The van der Waals surface area contributed by atoms with E-state index in [1.807, 2.05) is 0 Å². The van der Waals surface area contributed by atoms with E-state index in [2.05, 4.69) is 5.32 Å². The molecule has 18 N–H and O–H groups in total. The maximum absolute atomic E-state index is 13.4. The van der Waals surface area contributed by atoms with E-state index in [1.54, 1.807) is 0 Å². The van der Waals surface area contributed by atoms with E-state index in [-0.39, 0.29) is 0 Å². The summed E-state index contributed by atoms with van der Waals surface area (Å²) >= 11 is 0. The molecule has 1 unspecified atom stereocenters. The molecule has 5 fully saturated rings. The molecule has 0 radical (unpaired) electrons. The number of esters is 1. The molecule has 1 amide bonds. The van der Waals surface area contributed by atoms with Crippen LogP contribution in [0, 0.1) is 0 Å². The van der Waals surface area contributed by atoms with Crippen molar-refractivity contribution in [3.63, 3.8) is 0 Å². The fourth-order valence-corrected chi connectivity index (χ4v) is 8.42. The van der Waals surface area contributed by atoms with Crippen molar-refractivity contribution in [2.24, 2.45) is 0 Å². The fourth-order valence-electron chi connectivity index (χ4n) is 8.42. The molecule has 0 saturated carbocycles. The summed E-state index contributed by atoms with van der Waals surface area (Å²) in [5.41, 5.74) is 0. The summed E-state index contributed by atoms with van der Waals surface area (Å²) in [7, 11) is 0.